The molecule has 1 saturated heterocycles. The SMILES string of the molecule is CC(C)(C)c1nc(Br)cc(NCC(=O)N2CCCCC2)n1. The number of aromatic nitrogens is 2. The lowest BCUT2D eigenvalue weighted by Gasteiger charge is -2.27. The topological polar surface area (TPSA) is 58.1 Å². The molecule has 0 bridgehead atoms. The summed E-state index contributed by atoms with van der Waals surface area (Å²) in [5.74, 6) is 1.58. The summed E-state index contributed by atoms with van der Waals surface area (Å²) < 4.78 is 0.732. The number of nitrogens with zero attached hydrogens (tertiary/aromatic N) is 3. The van der Waals surface area contributed by atoms with Crippen molar-refractivity contribution in [3.63, 3.8) is 0 Å². The van der Waals surface area contributed by atoms with E-state index in [-0.39, 0.29) is 17.9 Å². The van der Waals surface area contributed by atoms with Crippen LogP contribution in [0.4, 0.5) is 5.82 Å². The zero-order valence-electron chi connectivity index (χ0n) is 12.9. The molecule has 1 aliphatic rings. The van der Waals surface area contributed by atoms with Crippen LogP contribution in [0.25, 0.3) is 0 Å². The summed E-state index contributed by atoms with van der Waals surface area (Å²) >= 11 is 3.40. The van der Waals surface area contributed by atoms with Crippen molar-refractivity contribution in [3.05, 3.63) is 16.5 Å². The van der Waals surface area contributed by atoms with Gasteiger partial charge in [0.15, 0.2) is 0 Å². The molecule has 1 aromatic rings. The van der Waals surface area contributed by atoms with E-state index in [2.05, 4.69) is 52.0 Å². The summed E-state index contributed by atoms with van der Waals surface area (Å²) in [6.45, 7) is 8.24. The Labute approximate surface area is 134 Å². The molecule has 2 rings (SSSR count). The molecular formula is C15H23BrN4O. The quantitative estimate of drug-likeness (QED) is 0.847. The number of likely N-dealkylation sites (tertiary alicyclic amines) is 1. The van der Waals surface area contributed by atoms with Gasteiger partial charge < -0.3 is 10.2 Å². The largest absolute Gasteiger partial charge is 0.361 e. The Bertz CT molecular complexity index is 507. The van der Waals surface area contributed by atoms with Crippen molar-refractivity contribution in [3.8, 4) is 0 Å². The van der Waals surface area contributed by atoms with Gasteiger partial charge in [-0.15, -0.1) is 0 Å². The van der Waals surface area contributed by atoms with Crippen molar-refractivity contribution < 1.29 is 4.79 Å². The fourth-order valence-corrected chi connectivity index (χ4v) is 2.65. The van der Waals surface area contributed by atoms with Crippen molar-refractivity contribution >= 4 is 27.7 Å². The van der Waals surface area contributed by atoms with Crippen molar-refractivity contribution in [1.82, 2.24) is 14.9 Å². The second kappa shape index (κ2) is 6.73. The first-order chi connectivity index (χ1) is 9.86. The molecule has 6 heteroatoms. The van der Waals surface area contributed by atoms with E-state index < -0.39 is 0 Å². The number of anilines is 1. The molecule has 0 aliphatic carbocycles. The molecule has 0 spiro atoms. The molecule has 0 unspecified atom stereocenters. The van der Waals surface area contributed by atoms with Gasteiger partial charge in [-0.25, -0.2) is 9.97 Å². The Kier molecular flexibility index (Phi) is 5.19. The van der Waals surface area contributed by atoms with Crippen LogP contribution in [-0.2, 0) is 10.2 Å². The fraction of sp³-hybridized carbons (Fsp3) is 0.667. The van der Waals surface area contributed by atoms with E-state index in [4.69, 9.17) is 0 Å². The van der Waals surface area contributed by atoms with Crippen LogP contribution in [0, 0.1) is 0 Å². The van der Waals surface area contributed by atoms with Gasteiger partial charge in [0.1, 0.15) is 16.2 Å². The normalized spacial score (nSPS) is 15.9. The minimum absolute atomic E-state index is 0.128. The summed E-state index contributed by atoms with van der Waals surface area (Å²) in [7, 11) is 0. The summed E-state index contributed by atoms with van der Waals surface area (Å²) in [6.07, 6.45) is 3.45. The van der Waals surface area contributed by atoms with Crippen LogP contribution in [0.15, 0.2) is 10.7 Å². The monoisotopic (exact) mass is 354 g/mol. The average Bonchev–Trinajstić information content (AvgIpc) is 2.44. The van der Waals surface area contributed by atoms with Gasteiger partial charge in [-0.05, 0) is 35.2 Å². The molecule has 1 amide bonds. The lowest BCUT2D eigenvalue weighted by molar-refractivity contribution is -0.130. The van der Waals surface area contributed by atoms with E-state index in [0.717, 1.165) is 36.4 Å². The van der Waals surface area contributed by atoms with Gasteiger partial charge in [-0.2, -0.15) is 0 Å². The van der Waals surface area contributed by atoms with Crippen molar-refractivity contribution in [1.29, 1.82) is 0 Å². The van der Waals surface area contributed by atoms with Gasteiger partial charge in [-0.3, -0.25) is 4.79 Å². The molecule has 0 saturated carbocycles. The van der Waals surface area contributed by atoms with Crippen LogP contribution in [0.3, 0.4) is 0 Å². The Morgan fingerprint density at radius 2 is 1.95 bits per heavy atom. The number of piperidine rings is 1. The Hall–Kier alpha value is -1.17. The van der Waals surface area contributed by atoms with E-state index in [0.29, 0.717) is 5.82 Å². The van der Waals surface area contributed by atoms with Gasteiger partial charge in [0, 0.05) is 24.6 Å². The van der Waals surface area contributed by atoms with Crippen LogP contribution in [-0.4, -0.2) is 40.4 Å². The number of hydrogen-bond donors (Lipinski definition) is 1. The first-order valence-electron chi connectivity index (χ1n) is 7.43. The molecule has 0 atom stereocenters. The molecule has 0 radical (unpaired) electrons. The molecule has 116 valence electrons. The van der Waals surface area contributed by atoms with Gasteiger partial charge >= 0.3 is 0 Å². The maximum Gasteiger partial charge on any atom is 0.241 e. The third kappa shape index (κ3) is 4.66. The Morgan fingerprint density at radius 1 is 1.29 bits per heavy atom. The molecule has 0 aromatic carbocycles. The molecule has 1 aliphatic heterocycles. The highest BCUT2D eigenvalue weighted by atomic mass is 79.9. The van der Waals surface area contributed by atoms with E-state index in [1.807, 2.05) is 4.90 Å². The average molecular weight is 355 g/mol. The fourth-order valence-electron chi connectivity index (χ4n) is 2.26. The lowest BCUT2D eigenvalue weighted by Crippen LogP contribution is -2.39. The summed E-state index contributed by atoms with van der Waals surface area (Å²) in [5, 5.41) is 3.12. The molecule has 5 nitrogen and oxygen atoms in total. The third-order valence-corrected chi connectivity index (χ3v) is 3.90. The summed E-state index contributed by atoms with van der Waals surface area (Å²) in [5.41, 5.74) is -0.128. The first-order valence-corrected chi connectivity index (χ1v) is 8.22. The molecule has 21 heavy (non-hydrogen) atoms. The number of hydrogen-bond acceptors (Lipinski definition) is 4. The van der Waals surface area contributed by atoms with Gasteiger partial charge in [0.2, 0.25) is 5.91 Å². The zero-order chi connectivity index (χ0) is 15.5. The van der Waals surface area contributed by atoms with Crippen LogP contribution in [0.5, 0.6) is 0 Å². The highest BCUT2D eigenvalue weighted by Crippen LogP contribution is 2.22. The van der Waals surface area contributed by atoms with Crippen molar-refractivity contribution in [2.75, 3.05) is 25.0 Å². The van der Waals surface area contributed by atoms with Crippen molar-refractivity contribution in [2.24, 2.45) is 0 Å². The van der Waals surface area contributed by atoms with E-state index in [9.17, 15) is 4.79 Å². The van der Waals surface area contributed by atoms with E-state index >= 15 is 0 Å². The third-order valence-electron chi connectivity index (χ3n) is 3.50. The van der Waals surface area contributed by atoms with Crippen LogP contribution >= 0.6 is 15.9 Å². The summed E-state index contributed by atoms with van der Waals surface area (Å²) in [4.78, 5) is 23.0. The number of nitrogens with one attached hydrogen (secondary N) is 1. The highest BCUT2D eigenvalue weighted by molar-refractivity contribution is 9.10. The standard InChI is InChI=1S/C15H23BrN4O/c1-15(2,3)14-18-11(16)9-12(19-14)17-10-13(21)20-7-5-4-6-8-20/h9H,4-8,10H2,1-3H3,(H,17,18,19). The van der Waals surface area contributed by atoms with Crippen LogP contribution < -0.4 is 5.32 Å². The van der Waals surface area contributed by atoms with E-state index in [1.165, 1.54) is 6.42 Å². The van der Waals surface area contributed by atoms with E-state index in [1.54, 1.807) is 6.07 Å². The van der Waals surface area contributed by atoms with Crippen LogP contribution in [0.1, 0.15) is 45.9 Å². The predicted molar refractivity (Wildman–Crippen MR) is 87.4 cm³/mol. The second-order valence-corrected chi connectivity index (χ2v) is 7.26. The molecule has 1 aromatic heterocycles. The van der Waals surface area contributed by atoms with Gasteiger partial charge in [0.05, 0.1) is 6.54 Å². The maximum absolute atomic E-state index is 12.1. The Balaban J connectivity index is 1.99. The Morgan fingerprint density at radius 3 is 2.57 bits per heavy atom. The second-order valence-electron chi connectivity index (χ2n) is 6.44. The number of rotatable bonds is 3. The molecule has 1 fully saturated rings. The summed E-state index contributed by atoms with van der Waals surface area (Å²) in [6, 6.07) is 1.80. The number of amides is 1. The molecule has 1 N–H and O–H groups in total. The highest BCUT2D eigenvalue weighted by Gasteiger charge is 2.20. The molecule has 2 heterocycles. The number of carbonyl (C=O) groups excluding carboxylic acids is 1. The minimum Gasteiger partial charge on any atom is -0.361 e. The minimum atomic E-state index is -0.128. The smallest absolute Gasteiger partial charge is 0.241 e. The maximum atomic E-state index is 12.1. The van der Waals surface area contributed by atoms with Gasteiger partial charge in [-0.1, -0.05) is 20.8 Å². The van der Waals surface area contributed by atoms with Crippen LogP contribution in [0.2, 0.25) is 0 Å². The van der Waals surface area contributed by atoms with Crippen molar-refractivity contribution in [2.45, 2.75) is 45.4 Å². The predicted octanol–water partition coefficient (Wildman–Crippen LogP) is 2.96. The lowest BCUT2D eigenvalue weighted by atomic mass is 9.96. The number of carbonyl (C=O) groups is 1. The number of halogens is 1. The first kappa shape index (κ1) is 16.2. The van der Waals surface area contributed by atoms with Gasteiger partial charge in [0.25, 0.3) is 0 Å². The zero-order valence-corrected chi connectivity index (χ0v) is 14.5. The molecular weight excluding hydrogens is 332 g/mol.